The number of nitrogens with zero attached hydrogens (tertiary/aromatic N) is 6. The number of ketones is 1. The van der Waals surface area contributed by atoms with Crippen molar-refractivity contribution in [2.24, 2.45) is 0 Å². The summed E-state index contributed by atoms with van der Waals surface area (Å²) in [5.41, 5.74) is 2.27. The fourth-order valence-electron chi connectivity index (χ4n) is 3.97. The summed E-state index contributed by atoms with van der Waals surface area (Å²) in [6, 6.07) is 9.19. The molecule has 1 N–H and O–H groups in total. The van der Waals surface area contributed by atoms with E-state index in [9.17, 15) is 4.79 Å². The molecule has 0 radical (unpaired) electrons. The molecule has 1 aliphatic carbocycles. The number of fused-ring (bicyclic) bond motifs is 1. The molecule has 31 heavy (non-hydrogen) atoms. The second-order valence-corrected chi connectivity index (χ2v) is 8.06. The summed E-state index contributed by atoms with van der Waals surface area (Å²) in [4.78, 5) is 35.2. The highest BCUT2D eigenvalue weighted by atomic mass is 35.5. The lowest BCUT2D eigenvalue weighted by Crippen LogP contribution is -2.47. The number of carbonyl (C=O) groups is 1. The molecule has 0 amide bonds. The van der Waals surface area contributed by atoms with Gasteiger partial charge in [-0.3, -0.25) is 4.79 Å². The van der Waals surface area contributed by atoms with Gasteiger partial charge in [0.15, 0.2) is 5.78 Å². The number of rotatable bonds is 4. The van der Waals surface area contributed by atoms with Crippen LogP contribution in [0.15, 0.2) is 42.7 Å². The molecule has 158 valence electrons. The van der Waals surface area contributed by atoms with Gasteiger partial charge in [-0.25, -0.2) is 15.0 Å². The van der Waals surface area contributed by atoms with Crippen LogP contribution in [0.4, 0.5) is 23.4 Å². The SMILES string of the molecule is O=C1CCCc2nc(N3CCN(c4ncccn4)CC3)nc(Nc3ccc(Cl)cc3)c21. The predicted octanol–water partition coefficient (Wildman–Crippen LogP) is 3.51. The summed E-state index contributed by atoms with van der Waals surface area (Å²) < 4.78 is 0. The van der Waals surface area contributed by atoms with E-state index in [-0.39, 0.29) is 5.78 Å². The van der Waals surface area contributed by atoms with Gasteiger partial charge in [0.1, 0.15) is 5.82 Å². The maximum atomic E-state index is 12.7. The third-order valence-electron chi connectivity index (χ3n) is 5.57. The van der Waals surface area contributed by atoms with Gasteiger partial charge in [-0.2, -0.15) is 4.98 Å². The highest BCUT2D eigenvalue weighted by Gasteiger charge is 2.27. The van der Waals surface area contributed by atoms with Crippen molar-refractivity contribution in [1.82, 2.24) is 19.9 Å². The number of nitrogens with one attached hydrogen (secondary N) is 1. The van der Waals surface area contributed by atoms with E-state index in [4.69, 9.17) is 21.6 Å². The minimum absolute atomic E-state index is 0.0929. The first-order valence-electron chi connectivity index (χ1n) is 10.4. The van der Waals surface area contributed by atoms with Gasteiger partial charge in [-0.05, 0) is 43.2 Å². The Kier molecular flexibility index (Phi) is 5.38. The Labute approximate surface area is 185 Å². The first-order valence-corrected chi connectivity index (χ1v) is 10.8. The number of hydrogen-bond acceptors (Lipinski definition) is 8. The zero-order chi connectivity index (χ0) is 21.2. The highest BCUT2D eigenvalue weighted by Crippen LogP contribution is 2.30. The van der Waals surface area contributed by atoms with Crippen LogP contribution in [0.1, 0.15) is 28.9 Å². The van der Waals surface area contributed by atoms with E-state index in [1.54, 1.807) is 12.4 Å². The summed E-state index contributed by atoms with van der Waals surface area (Å²) in [7, 11) is 0. The molecule has 1 aromatic carbocycles. The Morgan fingerprint density at radius 1 is 0.871 bits per heavy atom. The first kappa shape index (κ1) is 19.7. The van der Waals surface area contributed by atoms with Gasteiger partial charge in [-0.15, -0.1) is 0 Å². The van der Waals surface area contributed by atoms with E-state index in [0.717, 1.165) is 56.4 Å². The summed E-state index contributed by atoms with van der Waals surface area (Å²) in [5.74, 6) is 2.05. The fourth-order valence-corrected chi connectivity index (χ4v) is 4.10. The number of piperazine rings is 1. The molecule has 0 unspecified atom stereocenters. The molecule has 0 spiro atoms. The molecular formula is C22H22ClN7O. The molecular weight excluding hydrogens is 414 g/mol. The monoisotopic (exact) mass is 435 g/mol. The van der Waals surface area contributed by atoms with Crippen LogP contribution in [0.5, 0.6) is 0 Å². The third kappa shape index (κ3) is 4.16. The largest absolute Gasteiger partial charge is 0.339 e. The molecule has 9 heteroatoms. The quantitative estimate of drug-likeness (QED) is 0.666. The lowest BCUT2D eigenvalue weighted by atomic mass is 9.95. The number of aromatic nitrogens is 4. The number of halogens is 1. The standard InChI is InChI=1S/C22H22ClN7O/c23-15-5-7-16(8-6-15)26-20-19-17(3-1-4-18(19)31)27-22(28-20)30-13-11-29(12-14-30)21-24-9-2-10-25-21/h2,5-10H,1,3-4,11-14H2,(H,26,27,28). The van der Waals surface area contributed by atoms with Crippen LogP contribution in [0, 0.1) is 0 Å². The molecule has 5 rings (SSSR count). The van der Waals surface area contributed by atoms with Gasteiger partial charge in [0.05, 0.1) is 11.3 Å². The normalized spacial score (nSPS) is 16.2. The number of benzene rings is 1. The van der Waals surface area contributed by atoms with Crippen LogP contribution in [-0.2, 0) is 6.42 Å². The molecule has 2 aliphatic rings. The van der Waals surface area contributed by atoms with Crippen LogP contribution >= 0.6 is 11.6 Å². The number of anilines is 4. The Hall–Kier alpha value is -3.26. The summed E-state index contributed by atoms with van der Waals surface area (Å²) in [6.45, 7) is 3.07. The minimum Gasteiger partial charge on any atom is -0.339 e. The average Bonchev–Trinajstić information content (AvgIpc) is 2.81. The maximum Gasteiger partial charge on any atom is 0.227 e. The Morgan fingerprint density at radius 3 is 2.26 bits per heavy atom. The molecule has 1 aliphatic heterocycles. The predicted molar refractivity (Wildman–Crippen MR) is 120 cm³/mol. The molecule has 1 fully saturated rings. The molecule has 3 heterocycles. The van der Waals surface area contributed by atoms with Gasteiger partial charge in [0, 0.05) is 55.7 Å². The third-order valence-corrected chi connectivity index (χ3v) is 5.82. The van der Waals surface area contributed by atoms with Crippen molar-refractivity contribution in [1.29, 1.82) is 0 Å². The van der Waals surface area contributed by atoms with Crippen LogP contribution in [0.3, 0.4) is 0 Å². The van der Waals surface area contributed by atoms with E-state index in [0.29, 0.717) is 28.8 Å². The van der Waals surface area contributed by atoms with Crippen LogP contribution in [0.25, 0.3) is 0 Å². The van der Waals surface area contributed by atoms with E-state index in [2.05, 4.69) is 25.1 Å². The van der Waals surface area contributed by atoms with Gasteiger partial charge >= 0.3 is 0 Å². The fraction of sp³-hybridized carbons (Fsp3) is 0.318. The van der Waals surface area contributed by atoms with E-state index < -0.39 is 0 Å². The maximum absolute atomic E-state index is 12.7. The second kappa shape index (κ2) is 8.47. The Morgan fingerprint density at radius 2 is 1.55 bits per heavy atom. The van der Waals surface area contributed by atoms with Crippen LogP contribution in [0.2, 0.25) is 5.02 Å². The van der Waals surface area contributed by atoms with Crippen molar-refractivity contribution >= 4 is 40.8 Å². The van der Waals surface area contributed by atoms with Gasteiger partial charge < -0.3 is 15.1 Å². The molecule has 8 nitrogen and oxygen atoms in total. The summed E-state index contributed by atoms with van der Waals surface area (Å²) in [5, 5.41) is 3.98. The Bertz CT molecular complexity index is 1080. The topological polar surface area (TPSA) is 87.1 Å². The second-order valence-electron chi connectivity index (χ2n) is 7.63. The van der Waals surface area contributed by atoms with Crippen LogP contribution in [-0.4, -0.2) is 51.9 Å². The van der Waals surface area contributed by atoms with Crippen molar-refractivity contribution in [3.8, 4) is 0 Å². The molecule has 0 bridgehead atoms. The van der Waals surface area contributed by atoms with Crippen molar-refractivity contribution in [3.63, 3.8) is 0 Å². The molecule has 0 atom stereocenters. The van der Waals surface area contributed by atoms with Crippen molar-refractivity contribution in [2.75, 3.05) is 41.3 Å². The number of carbonyl (C=O) groups excluding carboxylic acids is 1. The van der Waals surface area contributed by atoms with Crippen molar-refractivity contribution < 1.29 is 4.79 Å². The number of hydrogen-bond donors (Lipinski definition) is 1. The molecule has 3 aromatic rings. The van der Waals surface area contributed by atoms with E-state index in [1.165, 1.54) is 0 Å². The zero-order valence-electron chi connectivity index (χ0n) is 17.0. The molecule has 2 aromatic heterocycles. The zero-order valence-corrected chi connectivity index (χ0v) is 17.7. The van der Waals surface area contributed by atoms with Crippen LogP contribution < -0.4 is 15.1 Å². The van der Waals surface area contributed by atoms with Crippen molar-refractivity contribution in [2.45, 2.75) is 19.3 Å². The van der Waals surface area contributed by atoms with Gasteiger partial charge in [0.2, 0.25) is 11.9 Å². The van der Waals surface area contributed by atoms with Crippen molar-refractivity contribution in [3.05, 3.63) is 59.0 Å². The lowest BCUT2D eigenvalue weighted by Gasteiger charge is -2.35. The smallest absolute Gasteiger partial charge is 0.227 e. The highest BCUT2D eigenvalue weighted by molar-refractivity contribution is 6.30. The van der Waals surface area contributed by atoms with E-state index in [1.807, 2.05) is 30.3 Å². The summed E-state index contributed by atoms with van der Waals surface area (Å²) >= 11 is 6.01. The number of Topliss-reactive ketones (excluding diaryl/α,β-unsaturated/α-hetero) is 1. The average molecular weight is 436 g/mol. The molecule has 0 saturated carbocycles. The molecule has 1 saturated heterocycles. The van der Waals surface area contributed by atoms with E-state index >= 15 is 0 Å². The van der Waals surface area contributed by atoms with Gasteiger partial charge in [-0.1, -0.05) is 11.6 Å². The Balaban J connectivity index is 1.41. The number of aryl methyl sites for hydroxylation is 1. The van der Waals surface area contributed by atoms with Gasteiger partial charge in [0.25, 0.3) is 0 Å². The first-order chi connectivity index (χ1) is 15.2. The minimum atomic E-state index is 0.0929. The lowest BCUT2D eigenvalue weighted by molar-refractivity contribution is 0.0972. The summed E-state index contributed by atoms with van der Waals surface area (Å²) in [6.07, 6.45) is 5.65.